The van der Waals surface area contributed by atoms with Crippen LogP contribution in [-0.4, -0.2) is 10.2 Å². The normalized spacial score (nSPS) is 19.4. The number of aromatic nitrogens is 2. The predicted octanol–water partition coefficient (Wildman–Crippen LogP) is 3.53. The molecule has 0 spiro atoms. The van der Waals surface area contributed by atoms with Gasteiger partial charge in [-0.3, -0.25) is 5.10 Å². The standard InChI is InChI=1S/C13H13ClN2/c14-10-6-4-9(5-7-10)11-2-1-3-13-12(11)8-15-16-13/h4-8,11H,1-3H2,(H,15,16). The second kappa shape index (κ2) is 3.95. The summed E-state index contributed by atoms with van der Waals surface area (Å²) >= 11 is 5.91. The quantitative estimate of drug-likeness (QED) is 0.801. The molecule has 1 aromatic heterocycles. The minimum Gasteiger partial charge on any atom is -0.285 e. The Morgan fingerprint density at radius 2 is 2.06 bits per heavy atom. The molecule has 1 aliphatic carbocycles. The van der Waals surface area contributed by atoms with Crippen molar-refractivity contribution in [3.8, 4) is 0 Å². The first-order valence-corrected chi connectivity index (χ1v) is 6.00. The summed E-state index contributed by atoms with van der Waals surface area (Å²) in [4.78, 5) is 0. The van der Waals surface area contributed by atoms with Crippen LogP contribution in [0.3, 0.4) is 0 Å². The van der Waals surface area contributed by atoms with Gasteiger partial charge < -0.3 is 0 Å². The number of aryl methyl sites for hydroxylation is 1. The van der Waals surface area contributed by atoms with Gasteiger partial charge in [-0.25, -0.2) is 0 Å². The van der Waals surface area contributed by atoms with Gasteiger partial charge in [-0.1, -0.05) is 23.7 Å². The highest BCUT2D eigenvalue weighted by atomic mass is 35.5. The van der Waals surface area contributed by atoms with Crippen molar-refractivity contribution in [2.75, 3.05) is 0 Å². The van der Waals surface area contributed by atoms with Gasteiger partial charge in [0.1, 0.15) is 0 Å². The lowest BCUT2D eigenvalue weighted by molar-refractivity contribution is 0.610. The third kappa shape index (κ3) is 1.63. The van der Waals surface area contributed by atoms with E-state index in [0.29, 0.717) is 5.92 Å². The monoisotopic (exact) mass is 232 g/mol. The molecule has 0 radical (unpaired) electrons. The third-order valence-electron chi connectivity index (χ3n) is 3.31. The van der Waals surface area contributed by atoms with E-state index < -0.39 is 0 Å². The molecule has 16 heavy (non-hydrogen) atoms. The number of H-pyrrole nitrogens is 1. The zero-order chi connectivity index (χ0) is 11.0. The van der Waals surface area contributed by atoms with Crippen molar-refractivity contribution >= 4 is 11.6 Å². The van der Waals surface area contributed by atoms with Crippen molar-refractivity contribution in [3.05, 3.63) is 52.3 Å². The van der Waals surface area contributed by atoms with Gasteiger partial charge in [-0.15, -0.1) is 0 Å². The molecule has 0 fully saturated rings. The number of rotatable bonds is 1. The molecule has 0 saturated heterocycles. The summed E-state index contributed by atoms with van der Waals surface area (Å²) in [5, 5.41) is 8.07. The van der Waals surface area contributed by atoms with Crippen molar-refractivity contribution in [3.63, 3.8) is 0 Å². The second-order valence-corrected chi connectivity index (χ2v) is 4.72. The summed E-state index contributed by atoms with van der Waals surface area (Å²) in [6.45, 7) is 0. The van der Waals surface area contributed by atoms with E-state index >= 15 is 0 Å². The molecule has 1 aliphatic rings. The molecule has 1 heterocycles. The summed E-state index contributed by atoms with van der Waals surface area (Å²) in [5.41, 5.74) is 3.92. The molecule has 0 aliphatic heterocycles. The summed E-state index contributed by atoms with van der Waals surface area (Å²) in [6.07, 6.45) is 5.55. The number of benzene rings is 1. The number of halogens is 1. The van der Waals surface area contributed by atoms with E-state index in [4.69, 9.17) is 11.6 Å². The first kappa shape index (κ1) is 9.91. The van der Waals surface area contributed by atoms with Gasteiger partial charge in [0.25, 0.3) is 0 Å². The van der Waals surface area contributed by atoms with Gasteiger partial charge in [0, 0.05) is 22.7 Å². The molecule has 3 heteroatoms. The molecule has 2 nitrogen and oxygen atoms in total. The lowest BCUT2D eigenvalue weighted by Crippen LogP contribution is -2.09. The average Bonchev–Trinajstić information content (AvgIpc) is 2.78. The highest BCUT2D eigenvalue weighted by molar-refractivity contribution is 6.30. The second-order valence-electron chi connectivity index (χ2n) is 4.28. The zero-order valence-electron chi connectivity index (χ0n) is 8.91. The van der Waals surface area contributed by atoms with E-state index in [9.17, 15) is 0 Å². The van der Waals surface area contributed by atoms with E-state index in [2.05, 4.69) is 22.3 Å². The van der Waals surface area contributed by atoms with Crippen LogP contribution in [0.1, 0.15) is 35.6 Å². The van der Waals surface area contributed by atoms with Gasteiger partial charge in [0.05, 0.1) is 5.69 Å². The molecule has 0 bridgehead atoms. The van der Waals surface area contributed by atoms with Gasteiger partial charge in [0.15, 0.2) is 0 Å². The Balaban J connectivity index is 2.00. The number of hydrogen-bond donors (Lipinski definition) is 1. The number of hydrogen-bond acceptors (Lipinski definition) is 1. The maximum atomic E-state index is 5.91. The first-order chi connectivity index (χ1) is 7.84. The van der Waals surface area contributed by atoms with Crippen molar-refractivity contribution in [2.45, 2.75) is 25.2 Å². The van der Waals surface area contributed by atoms with Gasteiger partial charge in [-0.2, -0.15) is 5.10 Å². The van der Waals surface area contributed by atoms with Gasteiger partial charge >= 0.3 is 0 Å². The fourth-order valence-electron chi connectivity index (χ4n) is 2.50. The predicted molar refractivity (Wildman–Crippen MR) is 64.8 cm³/mol. The molecule has 0 amide bonds. The SMILES string of the molecule is Clc1ccc(C2CCCc3n[nH]cc32)cc1. The van der Waals surface area contributed by atoms with Gasteiger partial charge in [-0.05, 0) is 37.0 Å². The maximum Gasteiger partial charge on any atom is 0.0660 e. The maximum absolute atomic E-state index is 5.91. The van der Waals surface area contributed by atoms with Crippen LogP contribution < -0.4 is 0 Å². The van der Waals surface area contributed by atoms with Crippen molar-refractivity contribution in [2.24, 2.45) is 0 Å². The number of nitrogens with zero attached hydrogens (tertiary/aromatic N) is 1. The minimum absolute atomic E-state index is 0.486. The van der Waals surface area contributed by atoms with Crippen LogP contribution in [0.2, 0.25) is 5.02 Å². The molecule has 1 unspecified atom stereocenters. The Hall–Kier alpha value is -1.28. The molecule has 0 saturated carbocycles. The third-order valence-corrected chi connectivity index (χ3v) is 3.56. The zero-order valence-corrected chi connectivity index (χ0v) is 9.67. The number of nitrogens with one attached hydrogen (secondary N) is 1. The highest BCUT2D eigenvalue weighted by Crippen LogP contribution is 2.35. The van der Waals surface area contributed by atoms with Crippen LogP contribution in [0.25, 0.3) is 0 Å². The lowest BCUT2D eigenvalue weighted by Gasteiger charge is -2.21. The summed E-state index contributed by atoms with van der Waals surface area (Å²) in [6, 6.07) is 8.17. The van der Waals surface area contributed by atoms with Crippen LogP contribution in [0.4, 0.5) is 0 Å². The molecule has 1 atom stereocenters. The smallest absolute Gasteiger partial charge is 0.0660 e. The largest absolute Gasteiger partial charge is 0.285 e. The molecule has 3 rings (SSSR count). The van der Waals surface area contributed by atoms with Crippen LogP contribution in [0.5, 0.6) is 0 Å². The Labute approximate surface area is 99.6 Å². The summed E-state index contributed by atoms with van der Waals surface area (Å²) in [7, 11) is 0. The minimum atomic E-state index is 0.486. The van der Waals surface area contributed by atoms with E-state index in [0.717, 1.165) is 11.4 Å². The van der Waals surface area contributed by atoms with E-state index in [1.807, 2.05) is 18.3 Å². The van der Waals surface area contributed by atoms with Crippen molar-refractivity contribution in [1.82, 2.24) is 10.2 Å². The summed E-state index contributed by atoms with van der Waals surface area (Å²) < 4.78 is 0. The molecule has 82 valence electrons. The molecule has 1 aromatic carbocycles. The average molecular weight is 233 g/mol. The van der Waals surface area contributed by atoms with Crippen LogP contribution in [-0.2, 0) is 6.42 Å². The van der Waals surface area contributed by atoms with E-state index in [1.165, 1.54) is 29.7 Å². The van der Waals surface area contributed by atoms with Crippen molar-refractivity contribution in [1.29, 1.82) is 0 Å². The van der Waals surface area contributed by atoms with Crippen molar-refractivity contribution < 1.29 is 0 Å². The van der Waals surface area contributed by atoms with Crippen LogP contribution in [0, 0.1) is 0 Å². The topological polar surface area (TPSA) is 28.7 Å². The van der Waals surface area contributed by atoms with Gasteiger partial charge in [0.2, 0.25) is 0 Å². The van der Waals surface area contributed by atoms with Crippen LogP contribution >= 0.6 is 11.6 Å². The summed E-state index contributed by atoms with van der Waals surface area (Å²) in [5.74, 6) is 0.486. The Morgan fingerprint density at radius 1 is 1.25 bits per heavy atom. The lowest BCUT2D eigenvalue weighted by atomic mass is 9.82. The molecular weight excluding hydrogens is 220 g/mol. The van der Waals surface area contributed by atoms with E-state index in [1.54, 1.807) is 0 Å². The molecule has 1 N–H and O–H groups in total. The number of fused-ring (bicyclic) bond motifs is 1. The Bertz CT molecular complexity index is 487. The molecular formula is C13H13ClN2. The Kier molecular flexibility index (Phi) is 2.44. The Morgan fingerprint density at radius 3 is 2.88 bits per heavy atom. The van der Waals surface area contributed by atoms with Crippen LogP contribution in [0.15, 0.2) is 30.5 Å². The number of aromatic amines is 1. The fraction of sp³-hybridized carbons (Fsp3) is 0.308. The molecule has 2 aromatic rings. The highest BCUT2D eigenvalue weighted by Gasteiger charge is 2.23. The first-order valence-electron chi connectivity index (χ1n) is 5.62. The van der Waals surface area contributed by atoms with E-state index in [-0.39, 0.29) is 0 Å². The fourth-order valence-corrected chi connectivity index (χ4v) is 2.63.